The number of hydrogen-bond donors (Lipinski definition) is 1. The number of nitrogens with one attached hydrogen (secondary N) is 1. The molecule has 0 bridgehead atoms. The predicted molar refractivity (Wildman–Crippen MR) is 146 cm³/mol. The van der Waals surface area contributed by atoms with Gasteiger partial charge >= 0.3 is 5.97 Å². The van der Waals surface area contributed by atoms with Crippen molar-refractivity contribution in [3.63, 3.8) is 0 Å². The largest absolute Gasteiger partial charge is 0.465 e. The van der Waals surface area contributed by atoms with Gasteiger partial charge in [-0.05, 0) is 58.9 Å². The normalized spacial score (nSPS) is 18.5. The highest BCUT2D eigenvalue weighted by Crippen LogP contribution is 2.21. The quantitative estimate of drug-likeness (QED) is 0.313. The first kappa shape index (κ1) is 32.6. The lowest BCUT2D eigenvalue weighted by molar-refractivity contribution is -0.147. The first-order chi connectivity index (χ1) is 17.2. The van der Waals surface area contributed by atoms with Crippen LogP contribution in [0.25, 0.3) is 0 Å². The van der Waals surface area contributed by atoms with E-state index in [4.69, 9.17) is 4.74 Å². The summed E-state index contributed by atoms with van der Waals surface area (Å²) in [7, 11) is 3.26. The summed E-state index contributed by atoms with van der Waals surface area (Å²) >= 11 is 0. The molecule has 3 amide bonds. The standard InChI is InChI=1S/C28H50N4O5/c1-11-37-24(33)17-30(9)27(35)21(8)16-23(18(2)3)31(10)28(36)25(19(4)5)29-26(34)22-14-12-13-15-32(22)20(6)7/h16,18-20,22-23,25H,11-15,17H2,1-10H3,(H,29,34)/b21-16+. The van der Waals surface area contributed by atoms with Crippen molar-refractivity contribution in [2.45, 2.75) is 98.8 Å². The Hall–Kier alpha value is -2.42. The van der Waals surface area contributed by atoms with Crippen molar-refractivity contribution in [2.24, 2.45) is 11.8 Å². The van der Waals surface area contributed by atoms with E-state index in [0.29, 0.717) is 5.57 Å². The highest BCUT2D eigenvalue weighted by atomic mass is 16.5. The Bertz CT molecular complexity index is 823. The molecule has 9 nitrogen and oxygen atoms in total. The summed E-state index contributed by atoms with van der Waals surface area (Å²) in [6.07, 6.45) is 4.64. The molecule has 1 aliphatic rings. The fourth-order valence-corrected chi connectivity index (χ4v) is 4.83. The fraction of sp³-hybridized carbons (Fsp3) is 0.786. The Morgan fingerprint density at radius 2 is 1.65 bits per heavy atom. The molecule has 3 atom stereocenters. The van der Waals surface area contributed by atoms with Crippen molar-refractivity contribution >= 4 is 23.7 Å². The topological polar surface area (TPSA) is 99.3 Å². The molecule has 0 radical (unpaired) electrons. The molecular weight excluding hydrogens is 472 g/mol. The van der Waals surface area contributed by atoms with E-state index in [2.05, 4.69) is 24.1 Å². The average Bonchev–Trinajstić information content (AvgIpc) is 2.83. The first-order valence-corrected chi connectivity index (χ1v) is 13.6. The molecule has 1 rings (SSSR count). The van der Waals surface area contributed by atoms with E-state index >= 15 is 0 Å². The average molecular weight is 523 g/mol. The molecular formula is C28H50N4O5. The van der Waals surface area contributed by atoms with Gasteiger partial charge in [0.05, 0.1) is 18.7 Å². The van der Waals surface area contributed by atoms with E-state index in [1.165, 1.54) is 4.90 Å². The molecule has 0 aromatic carbocycles. The lowest BCUT2D eigenvalue weighted by Gasteiger charge is -2.39. The second-order valence-corrected chi connectivity index (χ2v) is 11.1. The minimum absolute atomic E-state index is 0.0188. The van der Waals surface area contributed by atoms with Gasteiger partial charge in [0.25, 0.3) is 0 Å². The molecule has 1 fully saturated rings. The number of ether oxygens (including phenoxy) is 1. The van der Waals surface area contributed by atoms with Gasteiger partial charge in [0.2, 0.25) is 17.7 Å². The van der Waals surface area contributed by atoms with E-state index in [-0.39, 0.29) is 60.8 Å². The van der Waals surface area contributed by atoms with Crippen molar-refractivity contribution < 1.29 is 23.9 Å². The third kappa shape index (κ3) is 9.43. The molecule has 0 spiro atoms. The molecule has 0 aliphatic carbocycles. The minimum atomic E-state index is -0.675. The van der Waals surface area contributed by atoms with E-state index in [0.717, 1.165) is 25.8 Å². The van der Waals surface area contributed by atoms with E-state index in [1.807, 2.05) is 27.7 Å². The number of likely N-dealkylation sites (tertiary alicyclic amines) is 1. The monoisotopic (exact) mass is 522 g/mol. The zero-order chi connectivity index (χ0) is 28.4. The van der Waals surface area contributed by atoms with Crippen LogP contribution in [0.15, 0.2) is 11.6 Å². The van der Waals surface area contributed by atoms with Crippen LogP contribution in [0.2, 0.25) is 0 Å². The van der Waals surface area contributed by atoms with Gasteiger partial charge in [-0.3, -0.25) is 24.1 Å². The molecule has 1 saturated heterocycles. The van der Waals surface area contributed by atoms with Gasteiger partial charge in [-0.1, -0.05) is 40.2 Å². The van der Waals surface area contributed by atoms with Gasteiger partial charge in [0.1, 0.15) is 12.6 Å². The molecule has 1 heterocycles. The number of piperidine rings is 1. The van der Waals surface area contributed by atoms with Crippen LogP contribution in [0, 0.1) is 11.8 Å². The zero-order valence-corrected chi connectivity index (χ0v) is 24.7. The van der Waals surface area contributed by atoms with E-state index in [1.54, 1.807) is 38.9 Å². The number of rotatable bonds is 12. The highest BCUT2D eigenvalue weighted by Gasteiger charge is 2.36. The SMILES string of the molecule is CCOC(=O)CN(C)C(=O)/C(C)=C/C(C(C)C)N(C)C(=O)C(NC(=O)C1CCCCN1C(C)C)C(C)C. The Morgan fingerprint density at radius 3 is 2.16 bits per heavy atom. The highest BCUT2D eigenvalue weighted by molar-refractivity contribution is 5.95. The first-order valence-electron chi connectivity index (χ1n) is 13.6. The third-order valence-electron chi connectivity index (χ3n) is 6.99. The fourth-order valence-electron chi connectivity index (χ4n) is 4.83. The predicted octanol–water partition coefficient (Wildman–Crippen LogP) is 2.84. The molecule has 0 aromatic rings. The van der Waals surface area contributed by atoms with Gasteiger partial charge in [0, 0.05) is 25.7 Å². The van der Waals surface area contributed by atoms with Crippen molar-refractivity contribution in [1.82, 2.24) is 20.0 Å². The zero-order valence-electron chi connectivity index (χ0n) is 24.7. The summed E-state index contributed by atoms with van der Waals surface area (Å²) < 4.78 is 4.93. The summed E-state index contributed by atoms with van der Waals surface area (Å²) in [5.41, 5.74) is 0.435. The number of likely N-dealkylation sites (N-methyl/N-ethyl adjacent to an activating group) is 2. The maximum absolute atomic E-state index is 13.7. The van der Waals surface area contributed by atoms with Crippen molar-refractivity contribution in [2.75, 3.05) is 33.8 Å². The number of carbonyl (C=O) groups is 4. The Labute approximate surface area is 223 Å². The van der Waals surface area contributed by atoms with E-state index in [9.17, 15) is 19.2 Å². The van der Waals surface area contributed by atoms with Crippen LogP contribution < -0.4 is 5.32 Å². The lowest BCUT2D eigenvalue weighted by Crippen LogP contribution is -2.58. The number of esters is 1. The van der Waals surface area contributed by atoms with E-state index < -0.39 is 12.0 Å². The van der Waals surface area contributed by atoms with Crippen molar-refractivity contribution in [3.05, 3.63) is 11.6 Å². The van der Waals surface area contributed by atoms with Gasteiger partial charge in [-0.25, -0.2) is 0 Å². The molecule has 1 N–H and O–H groups in total. The number of nitrogens with zero attached hydrogens (tertiary/aromatic N) is 3. The summed E-state index contributed by atoms with van der Waals surface area (Å²) in [5.74, 6) is -1.15. The Balaban J connectivity index is 3.06. The molecule has 212 valence electrons. The van der Waals surface area contributed by atoms with Crippen molar-refractivity contribution in [3.8, 4) is 0 Å². The molecule has 9 heteroatoms. The van der Waals surface area contributed by atoms with Gasteiger partial charge in [-0.2, -0.15) is 0 Å². The van der Waals surface area contributed by atoms with Gasteiger partial charge in [-0.15, -0.1) is 0 Å². The van der Waals surface area contributed by atoms with Crippen LogP contribution in [0.1, 0.15) is 74.7 Å². The summed E-state index contributed by atoms with van der Waals surface area (Å²) in [4.78, 5) is 56.8. The molecule has 3 unspecified atom stereocenters. The molecule has 0 aromatic heterocycles. The van der Waals surface area contributed by atoms with Crippen LogP contribution in [0.4, 0.5) is 0 Å². The molecule has 37 heavy (non-hydrogen) atoms. The summed E-state index contributed by atoms with van der Waals surface area (Å²) in [6.45, 7) is 16.4. The van der Waals surface area contributed by atoms with Gasteiger partial charge < -0.3 is 19.9 Å². The second-order valence-electron chi connectivity index (χ2n) is 11.1. The van der Waals surface area contributed by atoms with Crippen LogP contribution in [-0.4, -0.2) is 96.3 Å². The lowest BCUT2D eigenvalue weighted by atomic mass is 9.95. The smallest absolute Gasteiger partial charge is 0.325 e. The second kappa shape index (κ2) is 15.1. The van der Waals surface area contributed by atoms with Crippen LogP contribution in [0.5, 0.6) is 0 Å². The van der Waals surface area contributed by atoms with Crippen LogP contribution >= 0.6 is 0 Å². The molecule has 1 aliphatic heterocycles. The van der Waals surface area contributed by atoms with Crippen LogP contribution in [-0.2, 0) is 23.9 Å². The third-order valence-corrected chi connectivity index (χ3v) is 6.99. The van der Waals surface area contributed by atoms with Gasteiger partial charge in [0.15, 0.2) is 0 Å². The van der Waals surface area contributed by atoms with Crippen LogP contribution in [0.3, 0.4) is 0 Å². The van der Waals surface area contributed by atoms with Crippen molar-refractivity contribution in [1.29, 1.82) is 0 Å². The number of amides is 3. The Kier molecular flexibility index (Phi) is 13.3. The number of hydrogen-bond acceptors (Lipinski definition) is 6. The summed E-state index contributed by atoms with van der Waals surface area (Å²) in [5, 5.41) is 3.05. The summed E-state index contributed by atoms with van der Waals surface area (Å²) in [6, 6.07) is -1.02. The minimum Gasteiger partial charge on any atom is -0.465 e. The number of carbonyl (C=O) groups excluding carboxylic acids is 4. The maximum atomic E-state index is 13.7. The maximum Gasteiger partial charge on any atom is 0.325 e. The Morgan fingerprint density at radius 1 is 1.03 bits per heavy atom. The molecule has 0 saturated carbocycles.